The van der Waals surface area contributed by atoms with Gasteiger partial charge in [-0.1, -0.05) is 60.7 Å². The van der Waals surface area contributed by atoms with Crippen LogP contribution >= 0.6 is 0 Å². The number of aliphatic imine (C=N–C) groups is 1. The van der Waals surface area contributed by atoms with Crippen molar-refractivity contribution in [1.29, 1.82) is 0 Å². The molecule has 1 aliphatic heterocycles. The van der Waals surface area contributed by atoms with Gasteiger partial charge in [0.15, 0.2) is 0 Å². The highest BCUT2D eigenvalue weighted by Gasteiger charge is 2.21. The Morgan fingerprint density at radius 3 is 2.75 bits per heavy atom. The van der Waals surface area contributed by atoms with Crippen molar-refractivity contribution in [3.05, 3.63) is 89.6 Å². The van der Waals surface area contributed by atoms with Gasteiger partial charge in [-0.05, 0) is 66.4 Å². The molecule has 0 amide bonds. The molecule has 1 atom stereocenters. The molecule has 0 spiro atoms. The lowest BCUT2D eigenvalue weighted by Gasteiger charge is -2.19. The van der Waals surface area contributed by atoms with Gasteiger partial charge in [0.25, 0.3) is 0 Å². The minimum atomic E-state index is 0.478. The zero-order valence-corrected chi connectivity index (χ0v) is 16.0. The standard InChI is InChI=1S/C26H24N2/c1-3-8-19(9-4-1)18-21-12-7-16-27-25-23(21)13-14-24-22(15-17-28-26(24)25)20-10-5-2-6-11-20/h1-5,8-10,13-17,21H,6-7,11-12,18H2. The number of benzene rings is 2. The molecule has 2 heteroatoms. The maximum Gasteiger partial charge on any atom is 0.0967 e. The molecule has 1 aromatic heterocycles. The molecule has 1 aliphatic carbocycles. The lowest BCUT2D eigenvalue weighted by molar-refractivity contribution is 0.647. The first-order valence-corrected chi connectivity index (χ1v) is 10.2. The fraction of sp³-hybridized carbons (Fsp3) is 0.231. The smallest absolute Gasteiger partial charge is 0.0967 e. The van der Waals surface area contributed by atoms with E-state index < -0.39 is 0 Å². The largest absolute Gasteiger partial charge is 0.259 e. The molecule has 2 aliphatic rings. The summed E-state index contributed by atoms with van der Waals surface area (Å²) in [5, 5.41) is 1.22. The van der Waals surface area contributed by atoms with E-state index in [1.165, 1.54) is 27.6 Å². The average Bonchev–Trinajstić information content (AvgIpc) is 2.97. The fourth-order valence-electron chi connectivity index (χ4n) is 4.49. The predicted molar refractivity (Wildman–Crippen MR) is 118 cm³/mol. The van der Waals surface area contributed by atoms with Gasteiger partial charge in [0, 0.05) is 17.8 Å². The first kappa shape index (κ1) is 17.1. The van der Waals surface area contributed by atoms with Crippen molar-refractivity contribution in [3.8, 4) is 0 Å². The summed E-state index contributed by atoms with van der Waals surface area (Å²) < 4.78 is 0. The molecule has 28 heavy (non-hydrogen) atoms. The summed E-state index contributed by atoms with van der Waals surface area (Å²) in [6, 6.07) is 17.5. The molecule has 2 aromatic carbocycles. The molecule has 2 nitrogen and oxygen atoms in total. The summed E-state index contributed by atoms with van der Waals surface area (Å²) in [4.78, 5) is 9.65. The quantitative estimate of drug-likeness (QED) is 0.502. The molecule has 1 unspecified atom stereocenters. The van der Waals surface area contributed by atoms with Crippen molar-refractivity contribution in [2.24, 2.45) is 4.99 Å². The molecule has 2 heterocycles. The number of aromatic nitrogens is 1. The average molecular weight is 364 g/mol. The summed E-state index contributed by atoms with van der Waals surface area (Å²) in [6.45, 7) is 0. The van der Waals surface area contributed by atoms with Crippen molar-refractivity contribution in [1.82, 2.24) is 4.98 Å². The summed E-state index contributed by atoms with van der Waals surface area (Å²) in [6.07, 6.45) is 16.1. The van der Waals surface area contributed by atoms with Crippen LogP contribution in [0.3, 0.4) is 0 Å². The molecule has 0 saturated carbocycles. The topological polar surface area (TPSA) is 25.2 Å². The van der Waals surface area contributed by atoms with Crippen LogP contribution in [0.2, 0.25) is 0 Å². The third-order valence-electron chi connectivity index (χ3n) is 5.91. The van der Waals surface area contributed by atoms with Crippen LogP contribution in [0.25, 0.3) is 16.5 Å². The van der Waals surface area contributed by atoms with Gasteiger partial charge in [0.2, 0.25) is 0 Å². The Kier molecular flexibility index (Phi) is 4.62. The van der Waals surface area contributed by atoms with Gasteiger partial charge in [-0.3, -0.25) is 9.98 Å². The second-order valence-corrected chi connectivity index (χ2v) is 7.69. The third-order valence-corrected chi connectivity index (χ3v) is 5.91. The molecule has 0 fully saturated rings. The molecular weight excluding hydrogens is 340 g/mol. The van der Waals surface area contributed by atoms with Gasteiger partial charge >= 0.3 is 0 Å². The first-order chi connectivity index (χ1) is 13.9. The van der Waals surface area contributed by atoms with E-state index in [0.29, 0.717) is 5.92 Å². The minimum Gasteiger partial charge on any atom is -0.259 e. The highest BCUT2D eigenvalue weighted by molar-refractivity contribution is 5.99. The first-order valence-electron chi connectivity index (χ1n) is 10.2. The third kappa shape index (κ3) is 3.20. The molecule has 3 aromatic rings. The van der Waals surface area contributed by atoms with Crippen LogP contribution in [0.5, 0.6) is 0 Å². The van der Waals surface area contributed by atoms with Gasteiger partial charge in [0.05, 0.1) is 11.2 Å². The monoisotopic (exact) mass is 364 g/mol. The Bertz CT molecular complexity index is 1090. The number of allylic oxidation sites excluding steroid dienone is 4. The van der Waals surface area contributed by atoms with E-state index in [0.717, 1.165) is 43.3 Å². The van der Waals surface area contributed by atoms with Crippen molar-refractivity contribution < 1.29 is 0 Å². The van der Waals surface area contributed by atoms with E-state index in [4.69, 9.17) is 9.98 Å². The van der Waals surface area contributed by atoms with Crippen LogP contribution in [0, 0.1) is 0 Å². The molecule has 138 valence electrons. The zero-order valence-electron chi connectivity index (χ0n) is 16.0. The lowest BCUT2D eigenvalue weighted by Crippen LogP contribution is -2.03. The van der Waals surface area contributed by atoms with Crippen LogP contribution in [0.15, 0.2) is 77.9 Å². The van der Waals surface area contributed by atoms with E-state index in [1.54, 1.807) is 0 Å². The van der Waals surface area contributed by atoms with E-state index in [2.05, 4.69) is 73.0 Å². The van der Waals surface area contributed by atoms with Crippen molar-refractivity contribution in [2.45, 2.75) is 38.0 Å². The zero-order chi connectivity index (χ0) is 18.8. The molecule has 5 rings (SSSR count). The Morgan fingerprint density at radius 1 is 0.964 bits per heavy atom. The van der Waals surface area contributed by atoms with Crippen LogP contribution in [-0.4, -0.2) is 11.2 Å². The Balaban J connectivity index is 1.62. The highest BCUT2D eigenvalue weighted by Crippen LogP contribution is 2.41. The molecule has 0 saturated heterocycles. The summed E-state index contributed by atoms with van der Waals surface area (Å²) in [5.41, 5.74) is 7.55. The van der Waals surface area contributed by atoms with Crippen molar-refractivity contribution in [2.75, 3.05) is 0 Å². The van der Waals surface area contributed by atoms with Gasteiger partial charge in [0.1, 0.15) is 0 Å². The number of pyridine rings is 1. The van der Waals surface area contributed by atoms with Gasteiger partial charge in [-0.25, -0.2) is 0 Å². The van der Waals surface area contributed by atoms with Crippen LogP contribution in [0.1, 0.15) is 48.3 Å². The van der Waals surface area contributed by atoms with Gasteiger partial charge in [-0.15, -0.1) is 0 Å². The minimum absolute atomic E-state index is 0.478. The highest BCUT2D eigenvalue weighted by atomic mass is 14.8. The van der Waals surface area contributed by atoms with E-state index >= 15 is 0 Å². The van der Waals surface area contributed by atoms with E-state index in [1.807, 2.05) is 6.20 Å². The van der Waals surface area contributed by atoms with Crippen LogP contribution in [0.4, 0.5) is 5.69 Å². The summed E-state index contributed by atoms with van der Waals surface area (Å²) >= 11 is 0. The maximum atomic E-state index is 4.87. The van der Waals surface area contributed by atoms with Crippen LogP contribution in [-0.2, 0) is 6.42 Å². The SMILES string of the molecule is C1=CCCC(c2ccnc3c4c(ccc23)C(Cc2ccccc2)CCC=N4)=C1. The van der Waals surface area contributed by atoms with Crippen molar-refractivity contribution in [3.63, 3.8) is 0 Å². The predicted octanol–water partition coefficient (Wildman–Crippen LogP) is 6.79. The number of nitrogens with zero attached hydrogens (tertiary/aromatic N) is 2. The Hall–Kier alpha value is -3.00. The second kappa shape index (κ2) is 7.55. The number of hydrogen-bond donors (Lipinski definition) is 0. The summed E-state index contributed by atoms with van der Waals surface area (Å²) in [7, 11) is 0. The van der Waals surface area contributed by atoms with E-state index in [-0.39, 0.29) is 0 Å². The van der Waals surface area contributed by atoms with E-state index in [9.17, 15) is 0 Å². The fourth-order valence-corrected chi connectivity index (χ4v) is 4.49. The maximum absolute atomic E-state index is 4.87. The normalized spacial score (nSPS) is 18.6. The Labute approximate surface area is 166 Å². The number of rotatable bonds is 3. The molecule has 0 radical (unpaired) electrons. The lowest BCUT2D eigenvalue weighted by atomic mass is 9.86. The molecule has 0 N–H and O–H groups in total. The number of fused-ring (bicyclic) bond motifs is 3. The molecule has 0 bridgehead atoms. The van der Waals surface area contributed by atoms with Crippen LogP contribution < -0.4 is 0 Å². The van der Waals surface area contributed by atoms with Gasteiger partial charge < -0.3 is 0 Å². The number of hydrogen-bond acceptors (Lipinski definition) is 2. The van der Waals surface area contributed by atoms with Crippen molar-refractivity contribution >= 4 is 28.4 Å². The Morgan fingerprint density at radius 2 is 1.89 bits per heavy atom. The second-order valence-electron chi connectivity index (χ2n) is 7.69. The molecular formula is C26H24N2. The summed E-state index contributed by atoms with van der Waals surface area (Å²) in [5.74, 6) is 0.478. The van der Waals surface area contributed by atoms with Gasteiger partial charge in [-0.2, -0.15) is 0 Å².